The smallest absolute Gasteiger partial charge is 0.277 e. The first-order chi connectivity index (χ1) is 14.7. The van der Waals surface area contributed by atoms with Crippen molar-refractivity contribution in [1.82, 2.24) is 15.2 Å². The Hall–Kier alpha value is -3.42. The molecule has 0 atom stereocenters. The van der Waals surface area contributed by atoms with E-state index in [1.807, 2.05) is 54.0 Å². The van der Waals surface area contributed by atoms with Gasteiger partial charge in [-0.1, -0.05) is 35.9 Å². The van der Waals surface area contributed by atoms with Crippen LogP contribution in [0.15, 0.2) is 83.4 Å². The first-order valence-electron chi connectivity index (χ1n) is 9.08. The first kappa shape index (κ1) is 19.9. The minimum atomic E-state index is -0.366. The van der Waals surface area contributed by atoms with Crippen LogP contribution in [0.2, 0.25) is 5.02 Å². The zero-order valence-corrected chi connectivity index (χ0v) is 17.3. The van der Waals surface area contributed by atoms with Gasteiger partial charge in [-0.3, -0.25) is 4.79 Å². The van der Waals surface area contributed by atoms with Gasteiger partial charge in [0.2, 0.25) is 0 Å². The van der Waals surface area contributed by atoms with Crippen LogP contribution in [0, 0.1) is 0 Å². The molecule has 30 heavy (non-hydrogen) atoms. The average molecular weight is 437 g/mol. The quantitative estimate of drug-likeness (QED) is 0.334. The van der Waals surface area contributed by atoms with Gasteiger partial charge < -0.3 is 4.74 Å². The molecule has 1 amide bonds. The number of benzene rings is 2. The lowest BCUT2D eigenvalue weighted by Crippen LogP contribution is -2.24. The van der Waals surface area contributed by atoms with Crippen LogP contribution in [0.1, 0.15) is 5.56 Å². The molecule has 0 fully saturated rings. The van der Waals surface area contributed by atoms with Crippen molar-refractivity contribution in [3.8, 4) is 22.0 Å². The van der Waals surface area contributed by atoms with Crippen molar-refractivity contribution in [2.75, 3.05) is 6.61 Å². The van der Waals surface area contributed by atoms with E-state index >= 15 is 0 Å². The Morgan fingerprint density at radius 3 is 2.67 bits per heavy atom. The van der Waals surface area contributed by atoms with E-state index in [0.29, 0.717) is 10.8 Å². The molecule has 0 spiro atoms. The number of ether oxygens (including phenoxy) is 1. The largest absolute Gasteiger partial charge is 0.484 e. The Kier molecular flexibility index (Phi) is 6.22. The average Bonchev–Trinajstić information content (AvgIpc) is 3.44. The minimum absolute atomic E-state index is 0.153. The van der Waals surface area contributed by atoms with Gasteiger partial charge in [-0.15, -0.1) is 11.3 Å². The number of nitrogens with zero attached hydrogens (tertiary/aromatic N) is 3. The highest BCUT2D eigenvalue weighted by Gasteiger charge is 2.12. The Morgan fingerprint density at radius 2 is 1.93 bits per heavy atom. The molecule has 4 rings (SSSR count). The molecular formula is C22H17ClN4O2S. The summed E-state index contributed by atoms with van der Waals surface area (Å²) in [6.45, 7) is -0.153. The van der Waals surface area contributed by atoms with Crippen molar-refractivity contribution in [2.45, 2.75) is 0 Å². The van der Waals surface area contributed by atoms with Crippen LogP contribution in [-0.4, -0.2) is 28.5 Å². The minimum Gasteiger partial charge on any atom is -0.484 e. The number of aromatic nitrogens is 2. The molecule has 0 aliphatic heterocycles. The van der Waals surface area contributed by atoms with Gasteiger partial charge in [0.15, 0.2) is 6.61 Å². The summed E-state index contributed by atoms with van der Waals surface area (Å²) in [4.78, 5) is 13.0. The van der Waals surface area contributed by atoms with Crippen LogP contribution in [-0.2, 0) is 4.79 Å². The number of amides is 1. The fourth-order valence-electron chi connectivity index (χ4n) is 2.69. The highest BCUT2D eigenvalue weighted by Crippen LogP contribution is 2.26. The summed E-state index contributed by atoms with van der Waals surface area (Å²) >= 11 is 7.42. The van der Waals surface area contributed by atoms with Crippen LogP contribution in [0.25, 0.3) is 16.3 Å². The predicted octanol–water partition coefficient (Wildman–Crippen LogP) is 4.78. The number of carbonyl (C=O) groups is 1. The van der Waals surface area contributed by atoms with Crippen LogP contribution in [0.3, 0.4) is 0 Å². The second kappa shape index (κ2) is 9.39. The van der Waals surface area contributed by atoms with Gasteiger partial charge in [0.25, 0.3) is 5.91 Å². The molecule has 150 valence electrons. The standard InChI is InChI=1S/C22H17ClN4O2S/c23-17-8-10-19(11-9-17)29-15-21(28)25-24-13-16-14-27(18-5-2-1-3-6-18)26-22(16)20-7-4-12-30-20/h1-14H,15H2,(H,25,28). The van der Waals surface area contributed by atoms with Gasteiger partial charge in [0.05, 0.1) is 16.8 Å². The van der Waals surface area contributed by atoms with E-state index in [9.17, 15) is 4.79 Å². The third-order valence-electron chi connectivity index (χ3n) is 4.09. The highest BCUT2D eigenvalue weighted by atomic mass is 35.5. The fourth-order valence-corrected chi connectivity index (χ4v) is 3.54. The van der Waals surface area contributed by atoms with E-state index in [-0.39, 0.29) is 12.5 Å². The zero-order valence-electron chi connectivity index (χ0n) is 15.7. The number of hydrazone groups is 1. The number of nitrogens with one attached hydrogen (secondary N) is 1. The summed E-state index contributed by atoms with van der Waals surface area (Å²) in [6, 6.07) is 20.6. The van der Waals surface area contributed by atoms with Crippen molar-refractivity contribution >= 4 is 35.1 Å². The van der Waals surface area contributed by atoms with Crippen LogP contribution < -0.4 is 10.2 Å². The Balaban J connectivity index is 1.45. The molecule has 0 aliphatic rings. The maximum Gasteiger partial charge on any atom is 0.277 e. The number of rotatable bonds is 7. The van der Waals surface area contributed by atoms with Gasteiger partial charge in [-0.2, -0.15) is 10.2 Å². The Labute approximate surface area is 182 Å². The molecule has 2 heterocycles. The van der Waals surface area contributed by atoms with E-state index in [1.54, 1.807) is 46.5 Å². The van der Waals surface area contributed by atoms with E-state index < -0.39 is 0 Å². The van der Waals surface area contributed by atoms with Crippen LogP contribution in [0.5, 0.6) is 5.75 Å². The Morgan fingerprint density at radius 1 is 1.13 bits per heavy atom. The van der Waals surface area contributed by atoms with Crippen molar-refractivity contribution < 1.29 is 9.53 Å². The maximum atomic E-state index is 12.0. The summed E-state index contributed by atoms with van der Waals surface area (Å²) in [7, 11) is 0. The van der Waals surface area contributed by atoms with Crippen molar-refractivity contribution in [1.29, 1.82) is 0 Å². The highest BCUT2D eigenvalue weighted by molar-refractivity contribution is 7.13. The van der Waals surface area contributed by atoms with E-state index in [2.05, 4.69) is 10.5 Å². The number of thiophene rings is 1. The van der Waals surface area contributed by atoms with Gasteiger partial charge in [-0.05, 0) is 47.8 Å². The second-order valence-corrected chi connectivity index (χ2v) is 7.61. The fraction of sp³-hybridized carbons (Fsp3) is 0.0455. The monoisotopic (exact) mass is 436 g/mol. The Bertz CT molecular complexity index is 1140. The number of hydrogen-bond acceptors (Lipinski definition) is 5. The summed E-state index contributed by atoms with van der Waals surface area (Å²) in [5, 5.41) is 11.4. The maximum absolute atomic E-state index is 12.0. The van der Waals surface area contributed by atoms with Gasteiger partial charge in [0.1, 0.15) is 11.4 Å². The summed E-state index contributed by atoms with van der Waals surface area (Å²) in [5.41, 5.74) is 5.01. The summed E-state index contributed by atoms with van der Waals surface area (Å²) < 4.78 is 7.20. The van der Waals surface area contributed by atoms with Gasteiger partial charge in [0, 0.05) is 16.8 Å². The van der Waals surface area contributed by atoms with Gasteiger partial charge in [-0.25, -0.2) is 10.1 Å². The SMILES string of the molecule is O=C(COc1ccc(Cl)cc1)NN=Cc1cn(-c2ccccc2)nc1-c1cccs1. The molecule has 2 aromatic heterocycles. The van der Waals surface area contributed by atoms with E-state index in [4.69, 9.17) is 21.4 Å². The van der Waals surface area contributed by atoms with Crippen LogP contribution in [0.4, 0.5) is 0 Å². The van der Waals surface area contributed by atoms with Crippen LogP contribution >= 0.6 is 22.9 Å². The van der Waals surface area contributed by atoms with Crippen molar-refractivity contribution in [3.05, 3.63) is 88.9 Å². The third kappa shape index (κ3) is 4.94. The number of halogens is 1. The molecule has 2 aromatic carbocycles. The molecule has 0 saturated carbocycles. The normalized spacial score (nSPS) is 11.0. The molecule has 1 N–H and O–H groups in total. The van der Waals surface area contributed by atoms with Crippen molar-refractivity contribution in [2.24, 2.45) is 5.10 Å². The third-order valence-corrected chi connectivity index (χ3v) is 5.22. The van der Waals surface area contributed by atoms with E-state index in [1.165, 1.54) is 0 Å². The molecule has 0 radical (unpaired) electrons. The number of hydrogen-bond donors (Lipinski definition) is 1. The van der Waals surface area contributed by atoms with E-state index in [0.717, 1.165) is 21.8 Å². The van der Waals surface area contributed by atoms with Gasteiger partial charge >= 0.3 is 0 Å². The molecule has 0 saturated heterocycles. The summed E-state index contributed by atoms with van der Waals surface area (Å²) in [5.74, 6) is 0.192. The number of para-hydroxylation sites is 1. The molecule has 0 bridgehead atoms. The number of carbonyl (C=O) groups excluding carboxylic acids is 1. The molecule has 6 nitrogen and oxygen atoms in total. The second-order valence-electron chi connectivity index (χ2n) is 6.23. The summed E-state index contributed by atoms with van der Waals surface area (Å²) in [6.07, 6.45) is 3.46. The zero-order chi connectivity index (χ0) is 20.8. The lowest BCUT2D eigenvalue weighted by atomic mass is 10.2. The predicted molar refractivity (Wildman–Crippen MR) is 120 cm³/mol. The molecule has 4 aromatic rings. The molecule has 0 unspecified atom stereocenters. The first-order valence-corrected chi connectivity index (χ1v) is 10.3. The molecule has 8 heteroatoms. The molecule has 0 aliphatic carbocycles. The lowest BCUT2D eigenvalue weighted by Gasteiger charge is -2.04. The lowest BCUT2D eigenvalue weighted by molar-refractivity contribution is -0.123. The topological polar surface area (TPSA) is 68.5 Å². The molecular weight excluding hydrogens is 420 g/mol. The van der Waals surface area contributed by atoms with Crippen molar-refractivity contribution in [3.63, 3.8) is 0 Å².